The minimum Gasteiger partial charge on any atom is -0.454 e. The summed E-state index contributed by atoms with van der Waals surface area (Å²) in [6.45, 7) is 5.80. The number of hydrogen-bond donors (Lipinski definition) is 1. The Morgan fingerprint density at radius 3 is 2.75 bits per heavy atom. The number of carbonyl (C=O) groups is 1. The molecule has 0 radical (unpaired) electrons. The highest BCUT2D eigenvalue weighted by molar-refractivity contribution is 6.29. The molecule has 4 rings (SSSR count). The van der Waals surface area contributed by atoms with E-state index in [1.807, 2.05) is 16.7 Å². The minimum atomic E-state index is -0.633. The molecule has 1 fully saturated rings. The number of anilines is 1. The van der Waals surface area contributed by atoms with Gasteiger partial charge >= 0.3 is 5.97 Å². The van der Waals surface area contributed by atoms with Crippen molar-refractivity contribution in [2.75, 3.05) is 5.32 Å². The van der Waals surface area contributed by atoms with Crippen LogP contribution in [0.2, 0.25) is 5.15 Å². The molecule has 0 saturated heterocycles. The normalized spacial score (nSPS) is 14.3. The Labute approximate surface area is 168 Å². The number of imidazole rings is 1. The van der Waals surface area contributed by atoms with Gasteiger partial charge < -0.3 is 14.5 Å². The summed E-state index contributed by atoms with van der Waals surface area (Å²) < 4.78 is 7.35. The second kappa shape index (κ2) is 7.05. The maximum atomic E-state index is 12.2. The molecule has 0 amide bonds. The molecular formula is C20H22ClN5O2. The highest BCUT2D eigenvalue weighted by Gasteiger charge is 2.24. The van der Waals surface area contributed by atoms with E-state index in [1.54, 1.807) is 26.8 Å². The Hall–Kier alpha value is -2.67. The average Bonchev–Trinajstić information content (AvgIpc) is 3.37. The Balaban J connectivity index is 1.48. The van der Waals surface area contributed by atoms with Crippen molar-refractivity contribution in [1.82, 2.24) is 19.4 Å². The van der Waals surface area contributed by atoms with Crippen LogP contribution >= 0.6 is 11.6 Å². The molecular weight excluding hydrogens is 378 g/mol. The molecule has 1 saturated carbocycles. The molecule has 1 aliphatic carbocycles. The van der Waals surface area contributed by atoms with Gasteiger partial charge in [-0.1, -0.05) is 17.7 Å². The minimum absolute atomic E-state index is 0.0750. The lowest BCUT2D eigenvalue weighted by Gasteiger charge is -2.18. The fourth-order valence-electron chi connectivity index (χ4n) is 2.91. The van der Waals surface area contributed by atoms with E-state index in [4.69, 9.17) is 16.3 Å². The lowest BCUT2D eigenvalue weighted by atomic mass is 10.2. The van der Waals surface area contributed by atoms with Crippen molar-refractivity contribution in [2.24, 2.45) is 0 Å². The first kappa shape index (κ1) is 18.7. The van der Waals surface area contributed by atoms with Gasteiger partial charge in [0.25, 0.3) is 0 Å². The van der Waals surface area contributed by atoms with Crippen molar-refractivity contribution < 1.29 is 9.53 Å². The monoisotopic (exact) mass is 399 g/mol. The van der Waals surface area contributed by atoms with Gasteiger partial charge in [-0.3, -0.25) is 0 Å². The van der Waals surface area contributed by atoms with Crippen LogP contribution in [0.25, 0.3) is 5.65 Å². The SMILES string of the molecule is CC(C)(C)OC(=O)c1nc(Cl)cc(NCc2cn3cc(C4CC4)ccc3n2)n1. The summed E-state index contributed by atoms with van der Waals surface area (Å²) in [7, 11) is 0. The van der Waals surface area contributed by atoms with Crippen LogP contribution in [0.3, 0.4) is 0 Å². The Morgan fingerprint density at radius 1 is 1.25 bits per heavy atom. The summed E-state index contributed by atoms with van der Waals surface area (Å²) in [5, 5.41) is 3.32. The van der Waals surface area contributed by atoms with Crippen LogP contribution in [0.4, 0.5) is 5.82 Å². The highest BCUT2D eigenvalue weighted by atomic mass is 35.5. The van der Waals surface area contributed by atoms with Gasteiger partial charge in [0.15, 0.2) is 0 Å². The topological polar surface area (TPSA) is 81.4 Å². The standard InChI is InChI=1S/C20H22ClN5O2/c1-20(2,3)28-19(27)18-24-15(21)8-16(25-18)22-9-14-11-26-10-13(12-4-5-12)6-7-17(26)23-14/h6-8,10-12H,4-5,9H2,1-3H3,(H,22,24,25). The number of halogens is 1. The second-order valence-electron chi connectivity index (χ2n) is 7.99. The third-order valence-corrected chi connectivity index (χ3v) is 4.49. The predicted molar refractivity (Wildman–Crippen MR) is 107 cm³/mol. The van der Waals surface area contributed by atoms with Gasteiger partial charge in [-0.15, -0.1) is 0 Å². The summed E-state index contributed by atoms with van der Waals surface area (Å²) in [6.07, 6.45) is 6.67. The van der Waals surface area contributed by atoms with Gasteiger partial charge in [0, 0.05) is 18.5 Å². The number of nitrogens with zero attached hydrogens (tertiary/aromatic N) is 4. The van der Waals surface area contributed by atoms with Gasteiger partial charge in [0.2, 0.25) is 5.82 Å². The van der Waals surface area contributed by atoms with Crippen LogP contribution in [-0.4, -0.2) is 30.9 Å². The third kappa shape index (κ3) is 4.42. The molecule has 0 bridgehead atoms. The van der Waals surface area contributed by atoms with Crippen LogP contribution in [0.15, 0.2) is 30.6 Å². The lowest BCUT2D eigenvalue weighted by Crippen LogP contribution is -2.25. The fraction of sp³-hybridized carbons (Fsp3) is 0.400. The van der Waals surface area contributed by atoms with Gasteiger partial charge in [-0.25, -0.2) is 19.7 Å². The molecule has 1 N–H and O–H groups in total. The number of hydrogen-bond acceptors (Lipinski definition) is 6. The number of fused-ring (bicyclic) bond motifs is 1. The first-order valence-corrected chi connectivity index (χ1v) is 9.64. The van der Waals surface area contributed by atoms with Gasteiger partial charge in [0.1, 0.15) is 22.2 Å². The summed E-state index contributed by atoms with van der Waals surface area (Å²) in [5.41, 5.74) is 2.48. The number of pyridine rings is 1. The Bertz CT molecular complexity index is 1040. The maximum absolute atomic E-state index is 12.2. The first-order valence-electron chi connectivity index (χ1n) is 9.26. The average molecular weight is 400 g/mol. The molecule has 0 atom stereocenters. The smallest absolute Gasteiger partial charge is 0.377 e. The number of carbonyl (C=O) groups excluding carboxylic acids is 1. The van der Waals surface area contributed by atoms with Crippen LogP contribution in [-0.2, 0) is 11.3 Å². The van der Waals surface area contributed by atoms with E-state index >= 15 is 0 Å². The van der Waals surface area contributed by atoms with E-state index < -0.39 is 11.6 Å². The van der Waals surface area contributed by atoms with Crippen LogP contribution < -0.4 is 5.32 Å². The molecule has 3 heterocycles. The van der Waals surface area contributed by atoms with Crippen LogP contribution in [0, 0.1) is 0 Å². The van der Waals surface area contributed by atoms with Crippen LogP contribution in [0.1, 0.15) is 61.4 Å². The van der Waals surface area contributed by atoms with Gasteiger partial charge in [0.05, 0.1) is 12.2 Å². The molecule has 0 unspecified atom stereocenters. The predicted octanol–water partition coefficient (Wildman–Crippen LogP) is 4.22. The maximum Gasteiger partial charge on any atom is 0.377 e. The van der Waals surface area contributed by atoms with Crippen molar-refractivity contribution in [3.63, 3.8) is 0 Å². The molecule has 8 heteroatoms. The Morgan fingerprint density at radius 2 is 2.04 bits per heavy atom. The summed E-state index contributed by atoms with van der Waals surface area (Å²) in [4.78, 5) is 25.0. The van der Waals surface area contributed by atoms with E-state index in [2.05, 4.69) is 32.5 Å². The molecule has 146 valence electrons. The highest BCUT2D eigenvalue weighted by Crippen LogP contribution is 2.39. The summed E-state index contributed by atoms with van der Waals surface area (Å²) in [5.74, 6) is 0.451. The number of aromatic nitrogens is 4. The van der Waals surface area contributed by atoms with Crippen molar-refractivity contribution in [3.05, 3.63) is 52.8 Å². The summed E-state index contributed by atoms with van der Waals surface area (Å²) >= 11 is 6.05. The molecule has 7 nitrogen and oxygen atoms in total. The molecule has 28 heavy (non-hydrogen) atoms. The molecule has 1 aliphatic rings. The van der Waals surface area contributed by atoms with Gasteiger partial charge in [-0.2, -0.15) is 0 Å². The molecule has 0 aromatic carbocycles. The molecule has 0 aliphatic heterocycles. The van der Waals surface area contributed by atoms with E-state index in [1.165, 1.54) is 18.4 Å². The third-order valence-electron chi connectivity index (χ3n) is 4.30. The summed E-state index contributed by atoms with van der Waals surface area (Å²) in [6, 6.07) is 5.75. The van der Waals surface area contributed by atoms with Crippen molar-refractivity contribution >= 4 is 29.0 Å². The number of nitrogens with one attached hydrogen (secondary N) is 1. The van der Waals surface area contributed by atoms with Gasteiger partial charge in [-0.05, 0) is 51.2 Å². The number of esters is 1. The first-order chi connectivity index (χ1) is 13.3. The van der Waals surface area contributed by atoms with Crippen molar-refractivity contribution in [2.45, 2.75) is 51.7 Å². The largest absolute Gasteiger partial charge is 0.454 e. The quantitative estimate of drug-likeness (QED) is 0.511. The fourth-order valence-corrected chi connectivity index (χ4v) is 3.09. The van der Waals surface area contributed by atoms with Crippen molar-refractivity contribution in [3.8, 4) is 0 Å². The van der Waals surface area contributed by atoms with E-state index in [-0.39, 0.29) is 11.0 Å². The van der Waals surface area contributed by atoms with Crippen LogP contribution in [0.5, 0.6) is 0 Å². The number of ether oxygens (including phenoxy) is 1. The van der Waals surface area contributed by atoms with E-state index in [0.29, 0.717) is 18.3 Å². The zero-order valence-electron chi connectivity index (χ0n) is 16.1. The second-order valence-corrected chi connectivity index (χ2v) is 8.38. The van der Waals surface area contributed by atoms with Crippen molar-refractivity contribution in [1.29, 1.82) is 0 Å². The zero-order valence-corrected chi connectivity index (χ0v) is 16.8. The molecule has 0 spiro atoms. The van der Waals surface area contributed by atoms with E-state index in [9.17, 15) is 4.79 Å². The molecule has 3 aromatic rings. The Kier molecular flexibility index (Phi) is 4.71. The number of rotatable bonds is 5. The lowest BCUT2D eigenvalue weighted by molar-refractivity contribution is 0.00557. The molecule has 3 aromatic heterocycles. The zero-order chi connectivity index (χ0) is 19.9. The van der Waals surface area contributed by atoms with E-state index in [0.717, 1.165) is 11.3 Å².